The third kappa shape index (κ3) is 3.73. The zero-order valence-electron chi connectivity index (χ0n) is 17.2. The van der Waals surface area contributed by atoms with Crippen molar-refractivity contribution in [1.82, 2.24) is 0 Å². The molecule has 0 radical (unpaired) electrons. The van der Waals surface area contributed by atoms with Crippen LogP contribution >= 0.6 is 0 Å². The number of nitriles is 2. The fraction of sp³-hybridized carbons (Fsp3) is 0. The monoisotopic (exact) mass is 552 g/mol. The Balaban J connectivity index is 2.33. The van der Waals surface area contributed by atoms with Gasteiger partial charge < -0.3 is 0 Å². The van der Waals surface area contributed by atoms with Gasteiger partial charge >= 0.3 is 0 Å². The lowest BCUT2D eigenvalue weighted by molar-refractivity contribution is 0.0995. The summed E-state index contributed by atoms with van der Waals surface area (Å²) in [7, 11) is 0. The number of rotatable bonds is 4. The second-order valence-electron chi connectivity index (χ2n) is 6.90. The molecule has 0 spiro atoms. The van der Waals surface area contributed by atoms with E-state index < -0.39 is 115 Å². The highest BCUT2D eigenvalue weighted by atomic mass is 19.2. The van der Waals surface area contributed by atoms with Crippen molar-refractivity contribution in [2.75, 3.05) is 0 Å². The quantitative estimate of drug-likeness (QED) is 0.241. The fourth-order valence-corrected chi connectivity index (χ4v) is 3.14. The minimum absolute atomic E-state index is 0.672. The summed E-state index contributed by atoms with van der Waals surface area (Å²) in [6, 6.07) is 1.34. The highest BCUT2D eigenvalue weighted by Crippen LogP contribution is 2.33. The molecular weight excluding hydrogens is 552 g/mol. The molecule has 3 rings (SSSR count). The van der Waals surface area contributed by atoms with E-state index in [9.17, 15) is 62.3 Å². The number of halogens is 12. The van der Waals surface area contributed by atoms with E-state index in [1.807, 2.05) is 0 Å². The van der Waals surface area contributed by atoms with E-state index in [0.717, 1.165) is 0 Å². The number of carbonyl (C=O) groups excluding carboxylic acids is 2. The number of hydrogen-bond donors (Lipinski definition) is 0. The summed E-state index contributed by atoms with van der Waals surface area (Å²) in [5.41, 5.74) is -14.1. The zero-order valence-corrected chi connectivity index (χ0v) is 17.2. The van der Waals surface area contributed by atoms with E-state index in [1.165, 1.54) is 0 Å². The zero-order chi connectivity index (χ0) is 29.0. The number of carbonyl (C=O) groups is 2. The Bertz CT molecular complexity index is 1490. The molecule has 0 saturated carbocycles. The topological polar surface area (TPSA) is 81.7 Å². The Morgan fingerprint density at radius 1 is 0.368 bits per heavy atom. The van der Waals surface area contributed by atoms with Crippen LogP contribution in [0.15, 0.2) is 0 Å². The predicted molar refractivity (Wildman–Crippen MR) is 95.1 cm³/mol. The summed E-state index contributed by atoms with van der Waals surface area (Å²) in [6.07, 6.45) is 0. The maximum atomic E-state index is 14.6. The maximum Gasteiger partial charge on any atom is 0.205 e. The summed E-state index contributed by atoms with van der Waals surface area (Å²) in [6.45, 7) is 0. The summed E-state index contributed by atoms with van der Waals surface area (Å²) < 4.78 is 170. The number of ketones is 2. The van der Waals surface area contributed by atoms with Crippen molar-refractivity contribution in [3.8, 4) is 12.1 Å². The molecule has 4 nitrogen and oxygen atoms in total. The van der Waals surface area contributed by atoms with Gasteiger partial charge in [-0.05, 0) is 0 Å². The highest BCUT2D eigenvalue weighted by Gasteiger charge is 2.39. The first-order valence-corrected chi connectivity index (χ1v) is 9.12. The number of nitrogens with zero attached hydrogens (tertiary/aromatic N) is 2. The van der Waals surface area contributed by atoms with Crippen LogP contribution in [0.2, 0.25) is 0 Å². The van der Waals surface area contributed by atoms with Crippen LogP contribution in [0.3, 0.4) is 0 Å². The van der Waals surface area contributed by atoms with Gasteiger partial charge in [-0.15, -0.1) is 0 Å². The van der Waals surface area contributed by atoms with E-state index >= 15 is 0 Å². The Morgan fingerprint density at radius 3 is 0.684 bits per heavy atom. The molecule has 0 aromatic heterocycles. The van der Waals surface area contributed by atoms with Crippen molar-refractivity contribution in [3.05, 3.63) is 103 Å². The van der Waals surface area contributed by atoms with E-state index in [4.69, 9.17) is 10.5 Å². The molecule has 0 aliphatic rings. The van der Waals surface area contributed by atoms with Crippen molar-refractivity contribution in [3.63, 3.8) is 0 Å². The van der Waals surface area contributed by atoms with E-state index in [-0.39, 0.29) is 0 Å². The lowest BCUT2D eigenvalue weighted by Crippen LogP contribution is -2.22. The summed E-state index contributed by atoms with van der Waals surface area (Å²) in [5.74, 6) is -38.7. The second-order valence-corrected chi connectivity index (χ2v) is 6.90. The van der Waals surface area contributed by atoms with Gasteiger partial charge in [-0.2, -0.15) is 10.5 Å². The molecule has 194 valence electrons. The average Bonchev–Trinajstić information content (AvgIpc) is 2.86. The molecule has 0 fully saturated rings. The van der Waals surface area contributed by atoms with Crippen molar-refractivity contribution < 1.29 is 62.3 Å². The van der Waals surface area contributed by atoms with E-state index in [2.05, 4.69) is 0 Å². The fourth-order valence-electron chi connectivity index (χ4n) is 3.14. The van der Waals surface area contributed by atoms with Gasteiger partial charge in [0, 0.05) is 0 Å². The molecular formula is C22F12N2O2. The van der Waals surface area contributed by atoms with Crippen LogP contribution in [0, 0.1) is 92.5 Å². The lowest BCUT2D eigenvalue weighted by Gasteiger charge is -2.13. The second kappa shape index (κ2) is 9.55. The molecule has 3 aromatic carbocycles. The molecule has 0 saturated heterocycles. The Hall–Kier alpha value is -4.86. The minimum Gasteiger partial charge on any atom is -0.288 e. The maximum absolute atomic E-state index is 14.6. The molecule has 0 N–H and O–H groups in total. The molecule has 0 unspecified atom stereocenters. The third-order valence-electron chi connectivity index (χ3n) is 4.92. The first kappa shape index (κ1) is 27.7. The highest BCUT2D eigenvalue weighted by molar-refractivity contribution is 6.13. The van der Waals surface area contributed by atoms with Gasteiger partial charge in [-0.3, -0.25) is 9.59 Å². The van der Waals surface area contributed by atoms with Gasteiger partial charge in [0.15, 0.2) is 69.8 Å². The number of benzene rings is 3. The van der Waals surface area contributed by atoms with Crippen molar-refractivity contribution in [1.29, 1.82) is 10.5 Å². The van der Waals surface area contributed by atoms with Crippen LogP contribution < -0.4 is 0 Å². The smallest absolute Gasteiger partial charge is 0.205 e. The molecule has 16 heteroatoms. The predicted octanol–water partition coefficient (Wildman–Crippen LogP) is 5.56. The molecule has 0 bridgehead atoms. The summed E-state index contributed by atoms with van der Waals surface area (Å²) in [5, 5.41) is 17.0. The average molecular weight is 552 g/mol. The van der Waals surface area contributed by atoms with Crippen LogP contribution in [-0.2, 0) is 0 Å². The molecule has 0 aliphatic carbocycles. The molecule has 0 heterocycles. The van der Waals surface area contributed by atoms with Gasteiger partial charge in [0.05, 0.1) is 0 Å². The molecule has 3 aromatic rings. The van der Waals surface area contributed by atoms with Crippen molar-refractivity contribution in [2.24, 2.45) is 0 Å². The van der Waals surface area contributed by atoms with Crippen LogP contribution in [0.5, 0.6) is 0 Å². The van der Waals surface area contributed by atoms with Gasteiger partial charge in [0.1, 0.15) is 45.5 Å². The largest absolute Gasteiger partial charge is 0.288 e. The van der Waals surface area contributed by atoms with Gasteiger partial charge in [-0.1, -0.05) is 0 Å². The van der Waals surface area contributed by atoms with Gasteiger partial charge in [0.2, 0.25) is 11.6 Å². The Labute approximate surface area is 200 Å². The SMILES string of the molecule is N#Cc1c(F)c(F)c(C(=O)c2c(F)c(F)c(C(=O)c3c(F)c(F)c(C#N)c(F)c3F)c(F)c2F)c(F)c1F. The van der Waals surface area contributed by atoms with Crippen LogP contribution in [-0.4, -0.2) is 11.6 Å². The molecule has 0 amide bonds. The first-order valence-electron chi connectivity index (χ1n) is 9.12. The van der Waals surface area contributed by atoms with Crippen molar-refractivity contribution in [2.45, 2.75) is 0 Å². The standard InChI is InChI=1S/C22F12N2O2/c23-9-3(1-35)10(24)14(28)5(13(9)27)21(37)7-17(31)19(33)8(20(34)18(7)32)22(38)6-15(29)11(25)4(2-36)12(26)16(6)30. The van der Waals surface area contributed by atoms with Crippen LogP contribution in [0.4, 0.5) is 52.7 Å². The van der Waals surface area contributed by atoms with Gasteiger partial charge in [-0.25, -0.2) is 52.7 Å². The van der Waals surface area contributed by atoms with Crippen LogP contribution in [0.25, 0.3) is 0 Å². The molecule has 38 heavy (non-hydrogen) atoms. The minimum atomic E-state index is -3.00. The third-order valence-corrected chi connectivity index (χ3v) is 4.92. The number of hydrogen-bond acceptors (Lipinski definition) is 4. The van der Waals surface area contributed by atoms with Crippen molar-refractivity contribution >= 4 is 11.6 Å². The van der Waals surface area contributed by atoms with Gasteiger partial charge in [0.25, 0.3) is 0 Å². The Morgan fingerprint density at radius 2 is 0.526 bits per heavy atom. The lowest BCUT2D eigenvalue weighted by atomic mass is 9.94. The van der Waals surface area contributed by atoms with E-state index in [1.54, 1.807) is 0 Å². The Kier molecular flexibility index (Phi) is 6.96. The van der Waals surface area contributed by atoms with E-state index in [0.29, 0.717) is 12.1 Å². The normalized spacial score (nSPS) is 10.8. The first-order chi connectivity index (χ1) is 17.6. The van der Waals surface area contributed by atoms with Crippen LogP contribution in [0.1, 0.15) is 43.0 Å². The summed E-state index contributed by atoms with van der Waals surface area (Å²) >= 11 is 0. The molecule has 0 atom stereocenters. The summed E-state index contributed by atoms with van der Waals surface area (Å²) in [4.78, 5) is 24.6. The molecule has 0 aliphatic heterocycles.